The highest BCUT2D eigenvalue weighted by Crippen LogP contribution is 2.21. The number of aromatic nitrogens is 2. The maximum absolute atomic E-state index is 5.26. The molecule has 1 aromatic rings. The molecule has 0 spiro atoms. The molecule has 108 valence electrons. The van der Waals surface area contributed by atoms with Crippen LogP contribution in [0.15, 0.2) is 4.52 Å². The Morgan fingerprint density at radius 2 is 2.11 bits per heavy atom. The van der Waals surface area contributed by atoms with Crippen molar-refractivity contribution in [3.05, 3.63) is 11.7 Å². The van der Waals surface area contributed by atoms with Crippen LogP contribution in [0, 0.1) is 5.92 Å². The predicted octanol–water partition coefficient (Wildman–Crippen LogP) is 1.49. The third kappa shape index (κ3) is 4.28. The first kappa shape index (κ1) is 14.5. The minimum Gasteiger partial charge on any atom is -0.339 e. The van der Waals surface area contributed by atoms with Gasteiger partial charge in [0.05, 0.1) is 0 Å². The molecule has 0 unspecified atom stereocenters. The normalized spacial score (nSPS) is 18.3. The van der Waals surface area contributed by atoms with Crippen molar-refractivity contribution in [2.75, 3.05) is 26.7 Å². The van der Waals surface area contributed by atoms with E-state index in [0.717, 1.165) is 31.1 Å². The highest BCUT2D eigenvalue weighted by molar-refractivity contribution is 4.90. The lowest BCUT2D eigenvalue weighted by molar-refractivity contribution is 0.148. The molecule has 1 aromatic heterocycles. The van der Waals surface area contributed by atoms with E-state index >= 15 is 0 Å². The van der Waals surface area contributed by atoms with E-state index in [1.807, 2.05) is 7.05 Å². The van der Waals surface area contributed by atoms with Crippen molar-refractivity contribution >= 4 is 0 Å². The Balaban J connectivity index is 1.77. The first-order valence-electron chi connectivity index (χ1n) is 7.39. The zero-order valence-electron chi connectivity index (χ0n) is 12.4. The van der Waals surface area contributed by atoms with Gasteiger partial charge < -0.3 is 14.7 Å². The second-order valence-electron chi connectivity index (χ2n) is 5.74. The van der Waals surface area contributed by atoms with Crippen molar-refractivity contribution in [1.29, 1.82) is 0 Å². The summed E-state index contributed by atoms with van der Waals surface area (Å²) in [5, 5.41) is 7.18. The Morgan fingerprint density at radius 1 is 1.37 bits per heavy atom. The lowest BCUT2D eigenvalue weighted by Crippen LogP contribution is -2.38. The van der Waals surface area contributed by atoms with E-state index < -0.39 is 0 Å². The van der Waals surface area contributed by atoms with Crippen molar-refractivity contribution in [2.24, 2.45) is 5.92 Å². The fourth-order valence-electron chi connectivity index (χ4n) is 2.64. The molecule has 0 bridgehead atoms. The number of nitrogens with one attached hydrogen (secondary N) is 1. The molecule has 1 saturated heterocycles. The molecule has 1 N–H and O–H groups in total. The van der Waals surface area contributed by atoms with Gasteiger partial charge in [0, 0.05) is 25.4 Å². The number of hydrogen-bond acceptors (Lipinski definition) is 5. The number of hydrogen-bond donors (Lipinski definition) is 1. The molecule has 1 fully saturated rings. The maximum atomic E-state index is 5.26. The third-order valence-electron chi connectivity index (χ3n) is 3.95. The van der Waals surface area contributed by atoms with Crippen molar-refractivity contribution in [3.8, 4) is 0 Å². The Labute approximate surface area is 115 Å². The largest absolute Gasteiger partial charge is 0.339 e. The Morgan fingerprint density at radius 3 is 2.74 bits per heavy atom. The van der Waals surface area contributed by atoms with E-state index in [2.05, 4.69) is 34.2 Å². The van der Waals surface area contributed by atoms with Crippen LogP contribution in [0.1, 0.15) is 38.4 Å². The van der Waals surface area contributed by atoms with Crippen molar-refractivity contribution in [1.82, 2.24) is 20.4 Å². The molecule has 0 aliphatic carbocycles. The first-order valence-corrected chi connectivity index (χ1v) is 7.39. The lowest BCUT2D eigenvalue weighted by atomic mass is 9.93. The van der Waals surface area contributed by atoms with Gasteiger partial charge in [0.15, 0.2) is 5.82 Å². The molecule has 19 heavy (non-hydrogen) atoms. The van der Waals surface area contributed by atoms with Gasteiger partial charge in [-0.1, -0.05) is 5.16 Å². The molecule has 2 heterocycles. The van der Waals surface area contributed by atoms with Gasteiger partial charge in [0.1, 0.15) is 0 Å². The number of piperidine rings is 1. The van der Waals surface area contributed by atoms with Crippen LogP contribution in [-0.4, -0.2) is 47.8 Å². The maximum Gasteiger partial charge on any atom is 0.227 e. The van der Waals surface area contributed by atoms with Crippen LogP contribution in [0.5, 0.6) is 0 Å². The second-order valence-corrected chi connectivity index (χ2v) is 5.74. The molecule has 0 amide bonds. The summed E-state index contributed by atoms with van der Waals surface area (Å²) in [7, 11) is 1.93. The van der Waals surface area contributed by atoms with Gasteiger partial charge in [-0.15, -0.1) is 0 Å². The average Bonchev–Trinajstić information content (AvgIpc) is 2.84. The van der Waals surface area contributed by atoms with Gasteiger partial charge in [-0.3, -0.25) is 0 Å². The van der Waals surface area contributed by atoms with Crippen LogP contribution in [0.4, 0.5) is 0 Å². The number of likely N-dealkylation sites (tertiary alicyclic amines) is 1. The summed E-state index contributed by atoms with van der Waals surface area (Å²) in [6, 6.07) is 0.666. The topological polar surface area (TPSA) is 54.2 Å². The zero-order valence-corrected chi connectivity index (χ0v) is 12.4. The van der Waals surface area contributed by atoms with Crippen LogP contribution in [-0.2, 0) is 12.8 Å². The van der Waals surface area contributed by atoms with E-state index in [1.165, 1.54) is 25.9 Å². The van der Waals surface area contributed by atoms with E-state index in [9.17, 15) is 0 Å². The quantitative estimate of drug-likeness (QED) is 0.845. The predicted molar refractivity (Wildman–Crippen MR) is 75.1 cm³/mol. The molecule has 0 atom stereocenters. The Kier molecular flexibility index (Phi) is 5.34. The Bertz CT molecular complexity index is 369. The number of likely N-dealkylation sites (N-methyl/N-ethyl adjacent to an activating group) is 1. The summed E-state index contributed by atoms with van der Waals surface area (Å²) in [6.45, 7) is 7.83. The van der Waals surface area contributed by atoms with Gasteiger partial charge in [0.25, 0.3) is 0 Å². The van der Waals surface area contributed by atoms with Crippen molar-refractivity contribution in [3.63, 3.8) is 0 Å². The summed E-state index contributed by atoms with van der Waals surface area (Å²) in [4.78, 5) is 7.01. The molecular weight excluding hydrogens is 240 g/mol. The SMILES string of the molecule is CNCCc1nc(CC2CCN(C(C)C)CC2)no1. The number of nitrogens with zero attached hydrogens (tertiary/aromatic N) is 3. The molecule has 0 saturated carbocycles. The second kappa shape index (κ2) is 7.01. The lowest BCUT2D eigenvalue weighted by Gasteiger charge is -2.34. The molecule has 0 radical (unpaired) electrons. The fourth-order valence-corrected chi connectivity index (χ4v) is 2.64. The van der Waals surface area contributed by atoms with Crippen LogP contribution in [0.3, 0.4) is 0 Å². The van der Waals surface area contributed by atoms with E-state index in [1.54, 1.807) is 0 Å². The monoisotopic (exact) mass is 266 g/mol. The Hall–Kier alpha value is -0.940. The third-order valence-corrected chi connectivity index (χ3v) is 3.95. The summed E-state index contributed by atoms with van der Waals surface area (Å²) in [6.07, 6.45) is 4.28. The molecule has 2 rings (SSSR count). The highest BCUT2D eigenvalue weighted by Gasteiger charge is 2.22. The zero-order chi connectivity index (χ0) is 13.7. The summed E-state index contributed by atoms with van der Waals surface area (Å²) in [5.41, 5.74) is 0. The summed E-state index contributed by atoms with van der Waals surface area (Å²) in [5.74, 6) is 2.35. The van der Waals surface area contributed by atoms with Crippen molar-refractivity contribution < 1.29 is 4.52 Å². The van der Waals surface area contributed by atoms with Crippen molar-refractivity contribution in [2.45, 2.75) is 45.6 Å². The van der Waals surface area contributed by atoms with Gasteiger partial charge in [-0.05, 0) is 52.7 Å². The highest BCUT2D eigenvalue weighted by atomic mass is 16.5. The molecule has 5 nitrogen and oxygen atoms in total. The van der Waals surface area contributed by atoms with Crippen LogP contribution in [0.25, 0.3) is 0 Å². The van der Waals surface area contributed by atoms with Crippen LogP contribution >= 0.6 is 0 Å². The molecule has 5 heteroatoms. The fraction of sp³-hybridized carbons (Fsp3) is 0.857. The van der Waals surface area contributed by atoms with Gasteiger partial charge in [0.2, 0.25) is 5.89 Å². The molecular formula is C14H26N4O. The first-order chi connectivity index (χ1) is 9.19. The minimum absolute atomic E-state index is 0.666. The molecule has 1 aliphatic heterocycles. The molecule has 0 aromatic carbocycles. The summed E-state index contributed by atoms with van der Waals surface area (Å²) < 4.78 is 5.26. The standard InChI is InChI=1S/C14H26N4O/c1-11(2)18-8-5-12(6-9-18)10-13-16-14(19-17-13)4-7-15-3/h11-12,15H,4-10H2,1-3H3. The summed E-state index contributed by atoms with van der Waals surface area (Å²) >= 11 is 0. The molecule has 1 aliphatic rings. The number of rotatable bonds is 6. The van der Waals surface area contributed by atoms with Crippen LogP contribution in [0.2, 0.25) is 0 Å². The smallest absolute Gasteiger partial charge is 0.227 e. The minimum atomic E-state index is 0.666. The van der Waals surface area contributed by atoms with Gasteiger partial charge in [-0.2, -0.15) is 4.98 Å². The average molecular weight is 266 g/mol. The van der Waals surface area contributed by atoms with E-state index in [-0.39, 0.29) is 0 Å². The van der Waals surface area contributed by atoms with E-state index in [4.69, 9.17) is 4.52 Å². The van der Waals surface area contributed by atoms with Crippen LogP contribution < -0.4 is 5.32 Å². The van der Waals surface area contributed by atoms with E-state index in [0.29, 0.717) is 12.0 Å². The van der Waals surface area contributed by atoms with Gasteiger partial charge in [-0.25, -0.2) is 0 Å². The van der Waals surface area contributed by atoms with Gasteiger partial charge >= 0.3 is 0 Å².